The molecule has 0 atom stereocenters. The standard InChI is InChI=1S/C28H27N3O/c32-28-25-9-4-5-10-26(25)29-27(30-28)11-6-18-31-19-16-24(17-20-31)23-14-12-22(13-15-23)21-7-2-1-3-8-21/h1-5,7-10,12-16H,6,11,17-20H2,(H,29,30,32). The van der Waals surface area contributed by atoms with Gasteiger partial charge in [-0.2, -0.15) is 0 Å². The summed E-state index contributed by atoms with van der Waals surface area (Å²) >= 11 is 0. The maximum atomic E-state index is 12.2. The quantitative estimate of drug-likeness (QED) is 0.459. The number of nitrogens with zero attached hydrogens (tertiary/aromatic N) is 2. The summed E-state index contributed by atoms with van der Waals surface area (Å²) in [6.45, 7) is 3.04. The highest BCUT2D eigenvalue weighted by Crippen LogP contribution is 2.26. The molecule has 3 aromatic carbocycles. The van der Waals surface area contributed by atoms with Gasteiger partial charge in [0.1, 0.15) is 5.82 Å². The average Bonchev–Trinajstić information content (AvgIpc) is 2.85. The molecule has 0 saturated heterocycles. The number of hydrogen-bond donors (Lipinski definition) is 1. The summed E-state index contributed by atoms with van der Waals surface area (Å²) in [6.07, 6.45) is 5.19. The fraction of sp³-hybridized carbons (Fsp3) is 0.214. The van der Waals surface area contributed by atoms with Crippen molar-refractivity contribution in [1.29, 1.82) is 0 Å². The maximum Gasteiger partial charge on any atom is 0.258 e. The normalized spacial score (nSPS) is 14.4. The fourth-order valence-corrected chi connectivity index (χ4v) is 4.41. The van der Waals surface area contributed by atoms with Gasteiger partial charge < -0.3 is 4.98 Å². The SMILES string of the molecule is O=c1[nH]c(CCCN2CC=C(c3ccc(-c4ccccc4)cc3)CC2)nc2ccccc12. The zero-order chi connectivity index (χ0) is 21.8. The molecule has 1 aliphatic heterocycles. The van der Waals surface area contributed by atoms with Gasteiger partial charge in [0, 0.05) is 19.5 Å². The van der Waals surface area contributed by atoms with Crippen LogP contribution in [0.25, 0.3) is 27.6 Å². The van der Waals surface area contributed by atoms with Gasteiger partial charge in [0.15, 0.2) is 0 Å². The van der Waals surface area contributed by atoms with Gasteiger partial charge >= 0.3 is 0 Å². The summed E-state index contributed by atoms with van der Waals surface area (Å²) in [7, 11) is 0. The molecular weight excluding hydrogens is 394 g/mol. The predicted octanol–water partition coefficient (Wildman–Crippen LogP) is 5.31. The number of benzene rings is 3. The third-order valence-corrected chi connectivity index (χ3v) is 6.21. The summed E-state index contributed by atoms with van der Waals surface area (Å²) < 4.78 is 0. The van der Waals surface area contributed by atoms with E-state index in [0.29, 0.717) is 5.39 Å². The molecule has 0 saturated carbocycles. The zero-order valence-corrected chi connectivity index (χ0v) is 18.1. The van der Waals surface area contributed by atoms with E-state index in [9.17, 15) is 4.79 Å². The maximum absolute atomic E-state index is 12.2. The van der Waals surface area contributed by atoms with E-state index in [1.807, 2.05) is 30.3 Å². The summed E-state index contributed by atoms with van der Waals surface area (Å²) in [5, 5.41) is 0.654. The number of aromatic amines is 1. The topological polar surface area (TPSA) is 49.0 Å². The molecule has 0 spiro atoms. The molecule has 2 heterocycles. The lowest BCUT2D eigenvalue weighted by molar-refractivity contribution is 0.297. The Morgan fingerprint density at radius 1 is 0.844 bits per heavy atom. The Balaban J connectivity index is 1.16. The molecule has 160 valence electrons. The van der Waals surface area contributed by atoms with Crippen molar-refractivity contribution in [3.05, 3.63) is 107 Å². The van der Waals surface area contributed by atoms with Crippen molar-refractivity contribution in [2.75, 3.05) is 19.6 Å². The molecule has 1 aliphatic rings. The molecule has 4 heteroatoms. The van der Waals surface area contributed by atoms with Crippen LogP contribution in [0.1, 0.15) is 24.2 Å². The van der Waals surface area contributed by atoms with Crippen molar-refractivity contribution >= 4 is 16.5 Å². The second-order valence-corrected chi connectivity index (χ2v) is 8.36. The van der Waals surface area contributed by atoms with Crippen LogP contribution in [0.3, 0.4) is 0 Å². The lowest BCUT2D eigenvalue weighted by atomic mass is 9.96. The molecule has 1 N–H and O–H groups in total. The minimum Gasteiger partial charge on any atom is -0.310 e. The first-order valence-electron chi connectivity index (χ1n) is 11.3. The third kappa shape index (κ3) is 4.56. The van der Waals surface area contributed by atoms with Crippen LogP contribution in [0.15, 0.2) is 89.7 Å². The van der Waals surface area contributed by atoms with Gasteiger partial charge in [-0.05, 0) is 53.8 Å². The van der Waals surface area contributed by atoms with E-state index in [1.165, 1.54) is 22.3 Å². The van der Waals surface area contributed by atoms with Crippen LogP contribution < -0.4 is 5.56 Å². The van der Waals surface area contributed by atoms with Gasteiger partial charge in [-0.1, -0.05) is 72.8 Å². The number of fused-ring (bicyclic) bond motifs is 1. The van der Waals surface area contributed by atoms with Gasteiger partial charge in [0.05, 0.1) is 10.9 Å². The molecule has 0 bridgehead atoms. The molecule has 5 rings (SSSR count). The number of aryl methyl sites for hydroxylation is 1. The highest BCUT2D eigenvalue weighted by molar-refractivity contribution is 5.77. The Kier molecular flexibility index (Phi) is 5.95. The summed E-state index contributed by atoms with van der Waals surface area (Å²) in [4.78, 5) is 22.2. The number of para-hydroxylation sites is 1. The van der Waals surface area contributed by atoms with Crippen molar-refractivity contribution in [2.24, 2.45) is 0 Å². The van der Waals surface area contributed by atoms with E-state index in [0.717, 1.165) is 50.2 Å². The number of rotatable bonds is 6. The highest BCUT2D eigenvalue weighted by Gasteiger charge is 2.13. The van der Waals surface area contributed by atoms with Crippen LogP contribution in [0.5, 0.6) is 0 Å². The lowest BCUT2D eigenvalue weighted by Crippen LogP contribution is -2.30. The van der Waals surface area contributed by atoms with Gasteiger partial charge in [0.2, 0.25) is 0 Å². The predicted molar refractivity (Wildman–Crippen MR) is 132 cm³/mol. The van der Waals surface area contributed by atoms with E-state index >= 15 is 0 Å². The first kappa shape index (κ1) is 20.4. The molecule has 0 aliphatic carbocycles. The van der Waals surface area contributed by atoms with Crippen LogP contribution in [-0.2, 0) is 6.42 Å². The second-order valence-electron chi connectivity index (χ2n) is 8.36. The van der Waals surface area contributed by atoms with Gasteiger partial charge in [-0.25, -0.2) is 4.98 Å². The molecular formula is C28H27N3O. The lowest BCUT2D eigenvalue weighted by Gasteiger charge is -2.26. The Labute approximate surface area is 188 Å². The Bertz CT molecular complexity index is 1290. The largest absolute Gasteiger partial charge is 0.310 e. The van der Waals surface area contributed by atoms with Crippen LogP contribution in [0.2, 0.25) is 0 Å². The van der Waals surface area contributed by atoms with Crippen LogP contribution in [-0.4, -0.2) is 34.5 Å². The Morgan fingerprint density at radius 2 is 1.56 bits per heavy atom. The van der Waals surface area contributed by atoms with Crippen molar-refractivity contribution < 1.29 is 0 Å². The Hall–Kier alpha value is -3.50. The molecule has 32 heavy (non-hydrogen) atoms. The molecule has 4 aromatic rings. The highest BCUT2D eigenvalue weighted by atomic mass is 16.1. The van der Waals surface area contributed by atoms with Crippen molar-refractivity contribution in [1.82, 2.24) is 14.9 Å². The number of aromatic nitrogens is 2. The van der Waals surface area contributed by atoms with E-state index in [2.05, 4.69) is 69.5 Å². The van der Waals surface area contributed by atoms with Gasteiger partial charge in [0.25, 0.3) is 5.56 Å². The number of nitrogens with one attached hydrogen (secondary N) is 1. The van der Waals surface area contributed by atoms with E-state index in [4.69, 9.17) is 0 Å². The van der Waals surface area contributed by atoms with Crippen LogP contribution in [0, 0.1) is 0 Å². The molecule has 4 nitrogen and oxygen atoms in total. The monoisotopic (exact) mass is 421 g/mol. The minimum absolute atomic E-state index is 0.0468. The summed E-state index contributed by atoms with van der Waals surface area (Å²) in [5.74, 6) is 0.778. The van der Waals surface area contributed by atoms with Crippen LogP contribution in [0.4, 0.5) is 0 Å². The smallest absolute Gasteiger partial charge is 0.258 e. The van der Waals surface area contributed by atoms with Crippen LogP contribution >= 0.6 is 0 Å². The molecule has 0 radical (unpaired) electrons. The average molecular weight is 422 g/mol. The fourth-order valence-electron chi connectivity index (χ4n) is 4.41. The zero-order valence-electron chi connectivity index (χ0n) is 18.1. The van der Waals surface area contributed by atoms with Crippen molar-refractivity contribution in [3.63, 3.8) is 0 Å². The molecule has 0 unspecified atom stereocenters. The Morgan fingerprint density at radius 3 is 2.34 bits per heavy atom. The first-order valence-corrected chi connectivity index (χ1v) is 11.3. The summed E-state index contributed by atoms with van der Waals surface area (Å²) in [6, 6.07) is 26.9. The third-order valence-electron chi connectivity index (χ3n) is 6.21. The van der Waals surface area contributed by atoms with E-state index in [1.54, 1.807) is 0 Å². The molecule has 0 amide bonds. The second kappa shape index (κ2) is 9.33. The molecule has 1 aromatic heterocycles. The first-order chi connectivity index (χ1) is 15.8. The van der Waals surface area contributed by atoms with Crippen molar-refractivity contribution in [2.45, 2.75) is 19.3 Å². The summed E-state index contributed by atoms with van der Waals surface area (Å²) in [5.41, 5.74) is 5.99. The van der Waals surface area contributed by atoms with E-state index in [-0.39, 0.29) is 5.56 Å². The minimum atomic E-state index is -0.0468. The van der Waals surface area contributed by atoms with Gasteiger partial charge in [-0.15, -0.1) is 0 Å². The van der Waals surface area contributed by atoms with E-state index < -0.39 is 0 Å². The number of H-pyrrole nitrogens is 1. The molecule has 0 fully saturated rings. The van der Waals surface area contributed by atoms with Crippen molar-refractivity contribution in [3.8, 4) is 11.1 Å². The van der Waals surface area contributed by atoms with Gasteiger partial charge in [-0.3, -0.25) is 9.69 Å². The number of hydrogen-bond acceptors (Lipinski definition) is 3.